The lowest BCUT2D eigenvalue weighted by Gasteiger charge is -2.40. The average Bonchev–Trinajstić information content (AvgIpc) is 3.12. The molecule has 0 aromatic heterocycles. The van der Waals surface area contributed by atoms with Gasteiger partial charge in [-0.3, -0.25) is 14.8 Å². The van der Waals surface area contributed by atoms with Crippen molar-refractivity contribution < 1.29 is 43.8 Å². The maximum atomic E-state index is 12.5. The van der Waals surface area contributed by atoms with E-state index in [1.54, 1.807) is 20.8 Å². The van der Waals surface area contributed by atoms with Crippen molar-refractivity contribution in [2.24, 2.45) is 17.8 Å². The predicted octanol–water partition coefficient (Wildman–Crippen LogP) is 1.54. The Morgan fingerprint density at radius 1 is 1.30 bits per heavy atom. The predicted molar refractivity (Wildman–Crippen MR) is 102 cm³/mol. The van der Waals surface area contributed by atoms with Gasteiger partial charge in [-0.2, -0.15) is 0 Å². The number of hydrogen-bond donors (Lipinski definition) is 2. The molecule has 2 aliphatic carbocycles. The minimum Gasteiger partial charge on any atom is -0.457 e. The Balaban J connectivity index is 2.21. The number of ether oxygens (including phenoxy) is 3. The van der Waals surface area contributed by atoms with E-state index in [2.05, 4.69) is 11.5 Å². The van der Waals surface area contributed by atoms with Crippen LogP contribution in [0.3, 0.4) is 0 Å². The van der Waals surface area contributed by atoms with Crippen LogP contribution in [0.25, 0.3) is 0 Å². The molecule has 2 N–H and O–H groups in total. The summed E-state index contributed by atoms with van der Waals surface area (Å²) in [6.07, 6.45) is -3.95. The van der Waals surface area contributed by atoms with Crippen LogP contribution >= 0.6 is 0 Å². The van der Waals surface area contributed by atoms with Gasteiger partial charge in [-0.25, -0.2) is 9.68 Å². The summed E-state index contributed by atoms with van der Waals surface area (Å²) < 4.78 is 16.8. The summed E-state index contributed by atoms with van der Waals surface area (Å²) in [5.74, 6) is -3.97. The first kappa shape index (κ1) is 22.5. The summed E-state index contributed by atoms with van der Waals surface area (Å²) in [7, 11) is 0. The number of carbonyl (C=O) groups excluding carboxylic acids is 3. The van der Waals surface area contributed by atoms with Gasteiger partial charge in [0.2, 0.25) is 0 Å². The molecule has 0 unspecified atom stereocenters. The van der Waals surface area contributed by atoms with E-state index >= 15 is 0 Å². The van der Waals surface area contributed by atoms with Crippen LogP contribution in [0.5, 0.6) is 0 Å². The molecule has 166 valence electrons. The molecule has 0 aromatic carbocycles. The Bertz CT molecular complexity index is 809. The fourth-order valence-electron chi connectivity index (χ4n) is 4.78. The van der Waals surface area contributed by atoms with Crippen LogP contribution in [0.1, 0.15) is 41.0 Å². The van der Waals surface area contributed by atoms with Gasteiger partial charge in [0, 0.05) is 18.4 Å². The third-order valence-corrected chi connectivity index (χ3v) is 6.37. The van der Waals surface area contributed by atoms with Crippen molar-refractivity contribution in [3.05, 3.63) is 23.3 Å². The smallest absolute Gasteiger partial charge is 0.334 e. The van der Waals surface area contributed by atoms with Crippen LogP contribution in [0.2, 0.25) is 0 Å². The zero-order valence-corrected chi connectivity index (χ0v) is 17.7. The van der Waals surface area contributed by atoms with Gasteiger partial charge in [0.25, 0.3) is 0 Å². The number of fused-ring (bicyclic) bond motifs is 3. The second-order valence-corrected chi connectivity index (χ2v) is 8.71. The fourth-order valence-corrected chi connectivity index (χ4v) is 4.78. The van der Waals surface area contributed by atoms with Gasteiger partial charge in [0.05, 0.1) is 11.8 Å². The molecule has 7 atom stereocenters. The molecule has 3 aliphatic rings. The molecule has 0 amide bonds. The van der Waals surface area contributed by atoms with E-state index < -0.39 is 65.7 Å². The fraction of sp³-hybridized carbons (Fsp3) is 0.667. The first-order valence-corrected chi connectivity index (χ1v) is 9.92. The normalized spacial score (nSPS) is 38.1. The van der Waals surface area contributed by atoms with Crippen LogP contribution in [0.15, 0.2) is 23.3 Å². The van der Waals surface area contributed by atoms with Gasteiger partial charge in [-0.1, -0.05) is 20.4 Å². The molecule has 0 bridgehead atoms. The molecule has 9 heteroatoms. The molecule has 1 heterocycles. The van der Waals surface area contributed by atoms with E-state index in [1.807, 2.05) is 0 Å². The molecule has 9 nitrogen and oxygen atoms in total. The van der Waals surface area contributed by atoms with E-state index in [0.717, 1.165) is 0 Å². The SMILES string of the molecule is C=C1C(=O)O[C@@H]2C3=C(C)[C@H](OO)C[C@H]3[C@](C)(O)[C@H](OC(C)=O)[C@H](OC(=O)C(C)C)[C@H]12. The van der Waals surface area contributed by atoms with E-state index in [0.29, 0.717) is 11.1 Å². The van der Waals surface area contributed by atoms with Gasteiger partial charge in [-0.15, -0.1) is 0 Å². The number of rotatable bonds is 4. The highest BCUT2D eigenvalue weighted by molar-refractivity contribution is 5.91. The molecule has 1 aliphatic heterocycles. The largest absolute Gasteiger partial charge is 0.457 e. The molecule has 0 radical (unpaired) electrons. The minimum absolute atomic E-state index is 0.0591. The summed E-state index contributed by atoms with van der Waals surface area (Å²) >= 11 is 0. The lowest BCUT2D eigenvalue weighted by molar-refractivity contribution is -0.271. The number of aliphatic hydroxyl groups is 1. The van der Waals surface area contributed by atoms with Crippen LogP contribution in [-0.4, -0.2) is 58.3 Å². The average molecular weight is 424 g/mol. The van der Waals surface area contributed by atoms with Crippen molar-refractivity contribution in [2.75, 3.05) is 0 Å². The van der Waals surface area contributed by atoms with Crippen molar-refractivity contribution >= 4 is 17.9 Å². The quantitative estimate of drug-likeness (QED) is 0.172. The van der Waals surface area contributed by atoms with E-state index in [1.165, 1.54) is 13.8 Å². The second kappa shape index (κ2) is 7.79. The molecule has 0 aromatic rings. The monoisotopic (exact) mass is 424 g/mol. The Labute approximate surface area is 174 Å². The summed E-state index contributed by atoms with van der Waals surface area (Å²) in [4.78, 5) is 41.4. The molecule has 0 spiro atoms. The van der Waals surface area contributed by atoms with Gasteiger partial charge in [-0.05, 0) is 31.4 Å². The summed E-state index contributed by atoms with van der Waals surface area (Å²) in [6.45, 7) is 11.5. The first-order chi connectivity index (χ1) is 13.9. The van der Waals surface area contributed by atoms with Crippen molar-refractivity contribution in [2.45, 2.75) is 71.1 Å². The Morgan fingerprint density at radius 2 is 1.93 bits per heavy atom. The van der Waals surface area contributed by atoms with Gasteiger partial charge in [0.1, 0.15) is 17.8 Å². The van der Waals surface area contributed by atoms with E-state index in [-0.39, 0.29) is 12.0 Å². The maximum absolute atomic E-state index is 12.5. The standard InChI is InChI=1S/C21H28O9/c1-8(2)19(23)29-17-15-10(4)20(24)28-16(15)14-9(3)13(30-26)7-12(14)21(6,25)18(17)27-11(5)22/h8,12-13,15-18,25-26H,4,7H2,1-3,5-6H3/t12-,13-,15-,16-,17-,18-,21+/m1/s1. The molecule has 1 saturated heterocycles. The van der Waals surface area contributed by atoms with Crippen LogP contribution < -0.4 is 0 Å². The lowest BCUT2D eigenvalue weighted by atomic mass is 9.79. The van der Waals surface area contributed by atoms with Gasteiger partial charge in [0.15, 0.2) is 12.2 Å². The topological polar surface area (TPSA) is 129 Å². The minimum atomic E-state index is -1.71. The summed E-state index contributed by atoms with van der Waals surface area (Å²) in [6, 6.07) is 0. The highest BCUT2D eigenvalue weighted by atomic mass is 17.1. The number of esters is 3. The molecule has 3 rings (SSSR count). The molecule has 2 fully saturated rings. The second-order valence-electron chi connectivity index (χ2n) is 8.71. The van der Waals surface area contributed by atoms with E-state index in [4.69, 9.17) is 14.2 Å². The molecular formula is C21H28O9. The van der Waals surface area contributed by atoms with E-state index in [9.17, 15) is 24.7 Å². The third-order valence-electron chi connectivity index (χ3n) is 6.37. The van der Waals surface area contributed by atoms with Crippen LogP contribution in [0, 0.1) is 17.8 Å². The van der Waals surface area contributed by atoms with Crippen LogP contribution in [-0.2, 0) is 33.5 Å². The zero-order chi connectivity index (χ0) is 22.5. The summed E-state index contributed by atoms with van der Waals surface area (Å²) in [5, 5.41) is 20.9. The van der Waals surface area contributed by atoms with Gasteiger partial charge < -0.3 is 19.3 Å². The highest BCUT2D eigenvalue weighted by Gasteiger charge is 2.63. The van der Waals surface area contributed by atoms with Crippen molar-refractivity contribution in [3.63, 3.8) is 0 Å². The maximum Gasteiger partial charge on any atom is 0.334 e. The van der Waals surface area contributed by atoms with Crippen molar-refractivity contribution in [1.29, 1.82) is 0 Å². The van der Waals surface area contributed by atoms with Crippen LogP contribution in [0.4, 0.5) is 0 Å². The Morgan fingerprint density at radius 3 is 2.47 bits per heavy atom. The number of carbonyl (C=O) groups is 3. The molecule has 1 saturated carbocycles. The van der Waals surface area contributed by atoms with Gasteiger partial charge >= 0.3 is 17.9 Å². The third kappa shape index (κ3) is 3.44. The Kier molecular flexibility index (Phi) is 5.83. The number of hydrogen-bond acceptors (Lipinski definition) is 9. The first-order valence-electron chi connectivity index (χ1n) is 9.92. The highest BCUT2D eigenvalue weighted by Crippen LogP contribution is 2.53. The molecule has 30 heavy (non-hydrogen) atoms. The Hall–Kier alpha value is -2.23. The van der Waals surface area contributed by atoms with Crippen molar-refractivity contribution in [1.82, 2.24) is 0 Å². The zero-order valence-electron chi connectivity index (χ0n) is 17.7. The van der Waals surface area contributed by atoms with Crippen molar-refractivity contribution in [3.8, 4) is 0 Å². The summed E-state index contributed by atoms with van der Waals surface area (Å²) in [5.41, 5.74) is -0.507. The lowest BCUT2D eigenvalue weighted by Crippen LogP contribution is -2.55. The molecular weight excluding hydrogens is 396 g/mol.